The number of allylic oxidation sites excluding steroid dienone is 1. The maximum Gasteiger partial charge on any atom is 0.252 e. The fraction of sp³-hybridized carbons (Fsp3) is 0.600. The van der Waals surface area contributed by atoms with Crippen LogP contribution < -0.4 is 5.32 Å². The van der Waals surface area contributed by atoms with Crippen LogP contribution in [0.4, 0.5) is 0 Å². The van der Waals surface area contributed by atoms with E-state index < -0.39 is 10.0 Å². The predicted octanol–water partition coefficient (Wildman–Crippen LogP) is 2.90. The molecule has 21 heavy (non-hydrogen) atoms. The lowest BCUT2D eigenvalue weighted by Crippen LogP contribution is -2.27. The molecule has 0 radical (unpaired) electrons. The van der Waals surface area contributed by atoms with Gasteiger partial charge in [-0.1, -0.05) is 6.08 Å². The van der Waals surface area contributed by atoms with Gasteiger partial charge in [-0.3, -0.25) is 0 Å². The summed E-state index contributed by atoms with van der Waals surface area (Å²) in [4.78, 5) is 1.12. The monoisotopic (exact) mass is 328 g/mol. The van der Waals surface area contributed by atoms with Crippen molar-refractivity contribution < 1.29 is 8.42 Å². The Morgan fingerprint density at radius 2 is 2.24 bits per heavy atom. The first-order chi connectivity index (χ1) is 9.95. The first kappa shape index (κ1) is 16.7. The first-order valence-electron chi connectivity index (χ1n) is 7.35. The third-order valence-corrected chi connectivity index (χ3v) is 7.22. The molecule has 0 atom stereocenters. The van der Waals surface area contributed by atoms with E-state index in [9.17, 15) is 8.42 Å². The molecule has 6 heteroatoms. The van der Waals surface area contributed by atoms with Gasteiger partial charge in [-0.2, -0.15) is 0 Å². The molecule has 2 rings (SSSR count). The van der Waals surface area contributed by atoms with E-state index in [2.05, 4.69) is 11.9 Å². The summed E-state index contributed by atoms with van der Waals surface area (Å²) in [7, 11) is -1.71. The van der Waals surface area contributed by atoms with Gasteiger partial charge >= 0.3 is 0 Å². The van der Waals surface area contributed by atoms with Crippen molar-refractivity contribution in [1.82, 2.24) is 9.62 Å². The maximum absolute atomic E-state index is 12.5. The van der Waals surface area contributed by atoms with Crippen molar-refractivity contribution in [2.45, 2.75) is 49.4 Å². The standard InChI is InChI=1S/C15H24N2O2S2/c1-4-5-6-9-17(3)21(18,19)15-10-12(2)14(20-15)11-16-13-7-8-13/h4,10,13,16H,1,5-9,11H2,2-3H3. The molecule has 1 aromatic rings. The lowest BCUT2D eigenvalue weighted by Gasteiger charge is -2.15. The molecule has 1 saturated carbocycles. The molecule has 0 saturated heterocycles. The fourth-order valence-electron chi connectivity index (χ4n) is 2.05. The molecule has 4 nitrogen and oxygen atoms in total. The largest absolute Gasteiger partial charge is 0.309 e. The molecule has 0 bridgehead atoms. The van der Waals surface area contributed by atoms with Crippen molar-refractivity contribution in [1.29, 1.82) is 0 Å². The average Bonchev–Trinajstić information content (AvgIpc) is 3.19. The minimum atomic E-state index is -3.35. The molecule has 1 aliphatic carbocycles. The molecule has 1 fully saturated rings. The Morgan fingerprint density at radius 1 is 1.52 bits per heavy atom. The van der Waals surface area contributed by atoms with Crippen LogP contribution in [0.3, 0.4) is 0 Å². The normalized spacial score (nSPS) is 15.6. The van der Waals surface area contributed by atoms with Gasteiger partial charge < -0.3 is 5.32 Å². The van der Waals surface area contributed by atoms with Crippen molar-refractivity contribution in [2.24, 2.45) is 0 Å². The summed E-state index contributed by atoms with van der Waals surface area (Å²) >= 11 is 1.39. The Bertz CT molecular complexity index is 589. The van der Waals surface area contributed by atoms with Gasteiger partial charge in [-0.05, 0) is 44.2 Å². The van der Waals surface area contributed by atoms with Crippen molar-refractivity contribution in [3.05, 3.63) is 29.2 Å². The third-order valence-electron chi connectivity index (χ3n) is 3.67. The number of hydrogen-bond donors (Lipinski definition) is 1. The highest BCUT2D eigenvalue weighted by atomic mass is 32.2. The third kappa shape index (κ3) is 4.39. The van der Waals surface area contributed by atoms with Gasteiger partial charge in [0.1, 0.15) is 4.21 Å². The molecule has 1 heterocycles. The number of unbranched alkanes of at least 4 members (excludes halogenated alkanes) is 1. The van der Waals surface area contributed by atoms with E-state index in [-0.39, 0.29) is 0 Å². The van der Waals surface area contributed by atoms with Crippen LogP contribution in [0.1, 0.15) is 36.1 Å². The Morgan fingerprint density at radius 3 is 2.86 bits per heavy atom. The summed E-state index contributed by atoms with van der Waals surface area (Å²) in [5, 5.41) is 3.44. The molecule has 0 amide bonds. The van der Waals surface area contributed by atoms with E-state index in [1.54, 1.807) is 13.1 Å². The van der Waals surface area contributed by atoms with Gasteiger partial charge in [-0.25, -0.2) is 12.7 Å². The highest BCUT2D eigenvalue weighted by Gasteiger charge is 2.25. The van der Waals surface area contributed by atoms with Gasteiger partial charge in [0.2, 0.25) is 0 Å². The lowest BCUT2D eigenvalue weighted by molar-refractivity contribution is 0.464. The second-order valence-corrected chi connectivity index (χ2v) is 8.99. The smallest absolute Gasteiger partial charge is 0.252 e. The lowest BCUT2D eigenvalue weighted by atomic mass is 10.3. The SMILES string of the molecule is C=CCCCN(C)S(=O)(=O)c1cc(C)c(CNC2CC2)s1. The van der Waals surface area contributed by atoms with Crippen LogP contribution in [0.5, 0.6) is 0 Å². The number of hydrogen-bond acceptors (Lipinski definition) is 4. The minimum Gasteiger partial charge on any atom is -0.309 e. The van der Waals surface area contributed by atoms with E-state index >= 15 is 0 Å². The Balaban J connectivity index is 2.04. The molecule has 0 unspecified atom stereocenters. The first-order valence-corrected chi connectivity index (χ1v) is 9.60. The van der Waals surface area contributed by atoms with Crippen LogP contribution in [0.2, 0.25) is 0 Å². The fourth-order valence-corrected chi connectivity index (χ4v) is 5.01. The van der Waals surface area contributed by atoms with Crippen LogP contribution in [-0.2, 0) is 16.6 Å². The van der Waals surface area contributed by atoms with Crippen LogP contribution >= 0.6 is 11.3 Å². The van der Waals surface area contributed by atoms with Crippen LogP contribution in [0.25, 0.3) is 0 Å². The molecule has 118 valence electrons. The second kappa shape index (κ2) is 7.05. The zero-order valence-electron chi connectivity index (χ0n) is 12.8. The quantitative estimate of drug-likeness (QED) is 0.560. The van der Waals surface area contributed by atoms with Gasteiger partial charge in [0.15, 0.2) is 0 Å². The van der Waals surface area contributed by atoms with E-state index in [0.717, 1.165) is 29.8 Å². The zero-order valence-corrected chi connectivity index (χ0v) is 14.4. The van der Waals surface area contributed by atoms with Crippen LogP contribution in [-0.4, -0.2) is 32.4 Å². The van der Waals surface area contributed by atoms with Gasteiger partial charge in [0, 0.05) is 31.1 Å². The summed E-state index contributed by atoms with van der Waals surface area (Å²) < 4.78 is 27.0. The summed E-state index contributed by atoms with van der Waals surface area (Å²) in [6, 6.07) is 2.43. The average molecular weight is 329 g/mol. The topological polar surface area (TPSA) is 49.4 Å². The molecule has 1 aliphatic rings. The number of thiophene rings is 1. The zero-order chi connectivity index (χ0) is 15.5. The number of nitrogens with zero attached hydrogens (tertiary/aromatic N) is 1. The molecule has 1 N–H and O–H groups in total. The van der Waals surface area contributed by atoms with Gasteiger partial charge in [-0.15, -0.1) is 17.9 Å². The van der Waals surface area contributed by atoms with E-state index in [1.165, 1.54) is 28.5 Å². The molecular weight excluding hydrogens is 304 g/mol. The van der Waals surface area contributed by atoms with Crippen LogP contribution in [0, 0.1) is 6.92 Å². The second-order valence-electron chi connectivity index (χ2n) is 5.58. The van der Waals surface area contributed by atoms with Gasteiger partial charge in [0.25, 0.3) is 10.0 Å². The van der Waals surface area contributed by atoms with E-state index in [1.807, 2.05) is 13.0 Å². The summed E-state index contributed by atoms with van der Waals surface area (Å²) in [6.07, 6.45) is 5.93. The van der Waals surface area contributed by atoms with Crippen molar-refractivity contribution in [2.75, 3.05) is 13.6 Å². The molecule has 0 spiro atoms. The Kier molecular flexibility index (Phi) is 5.60. The highest BCUT2D eigenvalue weighted by molar-refractivity contribution is 7.91. The molecule has 0 aliphatic heterocycles. The van der Waals surface area contributed by atoms with E-state index in [4.69, 9.17) is 0 Å². The number of aryl methyl sites for hydroxylation is 1. The molecular formula is C15H24N2O2S2. The molecule has 0 aromatic carbocycles. The maximum atomic E-state index is 12.5. The minimum absolute atomic E-state index is 0.453. The highest BCUT2D eigenvalue weighted by Crippen LogP contribution is 2.29. The summed E-state index contributed by atoms with van der Waals surface area (Å²) in [6.45, 7) is 6.95. The van der Waals surface area contributed by atoms with E-state index in [0.29, 0.717) is 16.8 Å². The number of sulfonamides is 1. The predicted molar refractivity (Wildman–Crippen MR) is 88.2 cm³/mol. The summed E-state index contributed by atoms with van der Waals surface area (Å²) in [5.74, 6) is 0. The summed E-state index contributed by atoms with van der Waals surface area (Å²) in [5.41, 5.74) is 1.06. The van der Waals surface area contributed by atoms with Crippen molar-refractivity contribution in [3.8, 4) is 0 Å². The van der Waals surface area contributed by atoms with Crippen molar-refractivity contribution in [3.63, 3.8) is 0 Å². The van der Waals surface area contributed by atoms with Crippen LogP contribution in [0.15, 0.2) is 22.9 Å². The van der Waals surface area contributed by atoms with Crippen molar-refractivity contribution >= 4 is 21.4 Å². The Labute approximate surface area is 131 Å². The molecule has 1 aromatic heterocycles. The van der Waals surface area contributed by atoms with Gasteiger partial charge in [0.05, 0.1) is 0 Å². The Hall–Kier alpha value is -0.690. The number of nitrogens with one attached hydrogen (secondary N) is 1. The number of rotatable bonds is 9.